The zero-order valence-corrected chi connectivity index (χ0v) is 25.6. The Hall–Kier alpha value is -4.43. The lowest BCUT2D eigenvalue weighted by Crippen LogP contribution is -2.65. The maximum Gasteiger partial charge on any atom is 0.430 e. The summed E-state index contributed by atoms with van der Waals surface area (Å²) in [5, 5.41) is 23.4. The fraction of sp³-hybridized carbons (Fsp3) is 0.382. The van der Waals surface area contributed by atoms with E-state index in [1.165, 1.54) is 12.1 Å². The first-order chi connectivity index (χ1) is 22.5. The molecule has 0 aliphatic carbocycles. The number of amides is 1. The Morgan fingerprint density at radius 1 is 0.812 bits per heavy atom. The second kappa shape index (κ2) is 14.8. The highest BCUT2D eigenvalue weighted by atomic mass is 19.4. The highest BCUT2D eigenvalue weighted by Crippen LogP contribution is 2.38. The van der Waals surface area contributed by atoms with Gasteiger partial charge in [-0.05, 0) is 35.4 Å². The molecule has 3 saturated heterocycles. The Kier molecular flexibility index (Phi) is 11.2. The molecule has 0 unspecified atom stereocenters. The van der Waals surface area contributed by atoms with Crippen molar-refractivity contribution in [3.8, 4) is 0 Å². The minimum Gasteiger partial charge on any atom is -0.542 e. The van der Waals surface area contributed by atoms with E-state index in [1.807, 2.05) is 12.1 Å². The zero-order valence-electron chi connectivity index (χ0n) is 25.6. The Balaban J connectivity index is 0.000000671. The molecule has 0 saturated carbocycles. The summed E-state index contributed by atoms with van der Waals surface area (Å²) in [6.07, 6.45) is -7.48. The van der Waals surface area contributed by atoms with Gasteiger partial charge in [0.2, 0.25) is 5.60 Å². The van der Waals surface area contributed by atoms with Gasteiger partial charge in [-0.2, -0.15) is 26.3 Å². The Bertz CT molecular complexity index is 1500. The third kappa shape index (κ3) is 8.72. The van der Waals surface area contributed by atoms with E-state index in [1.54, 1.807) is 48.5 Å². The summed E-state index contributed by atoms with van der Waals surface area (Å²) in [7, 11) is 0. The predicted molar refractivity (Wildman–Crippen MR) is 158 cm³/mol. The number of piperidine rings is 3. The highest BCUT2D eigenvalue weighted by Gasteiger charge is 2.50. The van der Waals surface area contributed by atoms with Crippen molar-refractivity contribution >= 4 is 17.8 Å². The molecule has 3 aliphatic rings. The fourth-order valence-corrected chi connectivity index (χ4v) is 6.18. The minimum absolute atomic E-state index is 0.181. The SMILES string of the molecule is O=C(NCCC[N+]12CCC(CC1)[C@@H](OC(=O)C(O)(c1ccccc1)c1ccccc1)C2)c1ccc(C(F)(F)F)cc1.O=C([O-])C(F)(F)F. The maximum atomic E-state index is 13.7. The summed E-state index contributed by atoms with van der Waals surface area (Å²) in [5.74, 6) is -3.87. The van der Waals surface area contributed by atoms with Crippen LogP contribution < -0.4 is 10.4 Å². The molecule has 2 N–H and O–H groups in total. The van der Waals surface area contributed by atoms with Crippen molar-refractivity contribution in [1.82, 2.24) is 5.32 Å². The number of benzene rings is 3. The van der Waals surface area contributed by atoms with Gasteiger partial charge < -0.3 is 29.5 Å². The Morgan fingerprint density at radius 3 is 1.77 bits per heavy atom. The molecule has 3 aromatic carbocycles. The molecule has 0 radical (unpaired) electrons. The lowest BCUT2D eigenvalue weighted by Gasteiger charge is -2.52. The molecule has 8 nitrogen and oxygen atoms in total. The zero-order chi connectivity index (χ0) is 35.2. The number of aliphatic hydroxyl groups is 1. The molecule has 14 heteroatoms. The van der Waals surface area contributed by atoms with Crippen LogP contribution in [0.2, 0.25) is 0 Å². The van der Waals surface area contributed by atoms with Crippen LogP contribution in [0.15, 0.2) is 84.9 Å². The van der Waals surface area contributed by atoms with E-state index in [0.29, 0.717) is 30.6 Å². The van der Waals surface area contributed by atoms with Gasteiger partial charge in [0.05, 0.1) is 25.2 Å². The number of carboxylic acids is 1. The van der Waals surface area contributed by atoms with Crippen molar-refractivity contribution in [2.24, 2.45) is 5.92 Å². The van der Waals surface area contributed by atoms with Crippen molar-refractivity contribution in [3.63, 3.8) is 0 Å². The van der Waals surface area contributed by atoms with Gasteiger partial charge >= 0.3 is 18.3 Å². The van der Waals surface area contributed by atoms with Crippen molar-refractivity contribution in [3.05, 3.63) is 107 Å². The van der Waals surface area contributed by atoms with Gasteiger partial charge in [-0.3, -0.25) is 4.79 Å². The molecule has 0 aromatic heterocycles. The fourth-order valence-electron chi connectivity index (χ4n) is 6.18. The van der Waals surface area contributed by atoms with E-state index in [2.05, 4.69) is 5.32 Å². The second-order valence-electron chi connectivity index (χ2n) is 11.9. The molecular formula is C34H34F6N2O6. The number of ether oxygens (including phenoxy) is 1. The summed E-state index contributed by atoms with van der Waals surface area (Å²) < 4.78 is 76.8. The lowest BCUT2D eigenvalue weighted by molar-refractivity contribution is -0.946. The largest absolute Gasteiger partial charge is 0.542 e. The molecule has 0 spiro atoms. The van der Waals surface area contributed by atoms with Crippen LogP contribution in [0.1, 0.15) is 46.3 Å². The number of nitrogens with zero attached hydrogens (tertiary/aromatic N) is 1. The molecule has 48 heavy (non-hydrogen) atoms. The topological polar surface area (TPSA) is 116 Å². The van der Waals surface area contributed by atoms with E-state index in [-0.39, 0.29) is 17.6 Å². The van der Waals surface area contributed by atoms with Gasteiger partial charge in [-0.1, -0.05) is 60.7 Å². The van der Waals surface area contributed by atoms with E-state index in [9.17, 15) is 41.0 Å². The van der Waals surface area contributed by atoms with Crippen LogP contribution in [-0.4, -0.2) is 72.4 Å². The van der Waals surface area contributed by atoms with E-state index in [0.717, 1.165) is 49.1 Å². The van der Waals surface area contributed by atoms with Crippen LogP contribution in [0.5, 0.6) is 0 Å². The highest BCUT2D eigenvalue weighted by molar-refractivity contribution is 5.94. The van der Waals surface area contributed by atoms with Crippen molar-refractivity contribution in [2.45, 2.75) is 43.3 Å². The van der Waals surface area contributed by atoms with E-state index in [4.69, 9.17) is 14.6 Å². The molecule has 1 amide bonds. The molecule has 1 atom stereocenters. The van der Waals surface area contributed by atoms with Gasteiger partial charge in [0.1, 0.15) is 12.5 Å². The standard InChI is InChI=1S/C32H33F3N2O4.C2HF3O2/c33-32(34,35)27-14-12-24(13-15-27)29(38)36-18-7-19-37-20-16-23(17-21-37)28(22-37)41-30(39)31(40,25-8-3-1-4-9-25)26-10-5-2-6-11-26;3-2(4,5)1(6)7/h1-6,8-15,23,28,40H,7,16-22H2;(H,6,7)/t23?,28-,37?;/m0./s1. The lowest BCUT2D eigenvalue weighted by atomic mass is 9.82. The summed E-state index contributed by atoms with van der Waals surface area (Å²) in [6, 6.07) is 21.8. The number of quaternary nitrogens is 1. The van der Waals surface area contributed by atoms with Crippen molar-refractivity contribution in [1.29, 1.82) is 0 Å². The first-order valence-corrected chi connectivity index (χ1v) is 15.2. The Labute approximate surface area is 272 Å². The van der Waals surface area contributed by atoms with Crippen molar-refractivity contribution in [2.75, 3.05) is 32.7 Å². The molecule has 3 fully saturated rings. The number of fused-ring (bicyclic) bond motifs is 3. The van der Waals surface area contributed by atoms with E-state index < -0.39 is 41.4 Å². The van der Waals surface area contributed by atoms with Gasteiger partial charge in [0.25, 0.3) is 5.91 Å². The number of carbonyl (C=O) groups is 3. The van der Waals surface area contributed by atoms with Gasteiger partial charge in [-0.15, -0.1) is 0 Å². The smallest absolute Gasteiger partial charge is 0.430 e. The first kappa shape index (κ1) is 36.4. The summed E-state index contributed by atoms with van der Waals surface area (Å²) in [4.78, 5) is 34.9. The van der Waals surface area contributed by atoms with E-state index >= 15 is 0 Å². The van der Waals surface area contributed by atoms with Gasteiger partial charge in [0.15, 0.2) is 6.10 Å². The van der Waals surface area contributed by atoms with Gasteiger partial charge in [0, 0.05) is 37.3 Å². The number of esters is 1. The summed E-state index contributed by atoms with van der Waals surface area (Å²) >= 11 is 0. The quantitative estimate of drug-likeness (QED) is 0.152. The molecule has 258 valence electrons. The number of nitrogens with one attached hydrogen (secondary N) is 1. The van der Waals surface area contributed by atoms with Crippen LogP contribution in [0.25, 0.3) is 0 Å². The molecule has 2 bridgehead atoms. The monoisotopic (exact) mass is 680 g/mol. The maximum absolute atomic E-state index is 13.7. The number of hydrogen-bond donors (Lipinski definition) is 2. The third-order valence-corrected chi connectivity index (χ3v) is 8.78. The van der Waals surface area contributed by atoms with Crippen LogP contribution in [0, 0.1) is 5.92 Å². The average Bonchev–Trinajstić information content (AvgIpc) is 3.07. The van der Waals surface area contributed by atoms with Crippen LogP contribution in [0.4, 0.5) is 26.3 Å². The number of carbonyl (C=O) groups excluding carboxylic acids is 3. The normalized spacial score (nSPS) is 20.6. The number of alkyl halides is 6. The average molecular weight is 681 g/mol. The number of aliphatic carboxylic acids is 1. The summed E-state index contributed by atoms with van der Waals surface area (Å²) in [5.41, 5.74) is -1.64. The first-order valence-electron chi connectivity index (χ1n) is 15.2. The number of hydrogen-bond acceptors (Lipinski definition) is 6. The second-order valence-corrected chi connectivity index (χ2v) is 11.9. The molecule has 3 aromatic rings. The number of carboxylic acid groups (broad SMARTS) is 1. The van der Waals surface area contributed by atoms with Crippen molar-refractivity contribution < 1.29 is 60.2 Å². The predicted octanol–water partition coefficient (Wildman–Crippen LogP) is 4.21. The summed E-state index contributed by atoms with van der Waals surface area (Å²) in [6.45, 7) is 3.70. The third-order valence-electron chi connectivity index (χ3n) is 8.78. The van der Waals surface area contributed by atoms with Crippen LogP contribution >= 0.6 is 0 Å². The molecule has 6 rings (SSSR count). The Morgan fingerprint density at radius 2 is 1.31 bits per heavy atom. The number of halogens is 6. The number of rotatable bonds is 9. The van der Waals surface area contributed by atoms with Crippen LogP contribution in [0.3, 0.4) is 0 Å². The van der Waals surface area contributed by atoms with Gasteiger partial charge in [-0.25, -0.2) is 4.79 Å². The minimum atomic E-state index is -5.19. The molecular weight excluding hydrogens is 646 g/mol. The molecule has 3 aliphatic heterocycles. The van der Waals surface area contributed by atoms with Crippen LogP contribution in [-0.2, 0) is 26.1 Å². The molecule has 3 heterocycles.